The predicted octanol–water partition coefficient (Wildman–Crippen LogP) is 16.5. The molecule has 11 rings (SSSR count). The molecule has 2 nitrogen and oxygen atoms in total. The summed E-state index contributed by atoms with van der Waals surface area (Å²) in [6.07, 6.45) is 0. The van der Waals surface area contributed by atoms with E-state index >= 15 is 0 Å². The Balaban J connectivity index is 0.999. The predicted molar refractivity (Wildman–Crippen MR) is 253 cm³/mol. The number of para-hydroxylation sites is 3. The van der Waals surface area contributed by atoms with E-state index < -0.39 is 0 Å². The molecule has 10 aromatic carbocycles. The van der Waals surface area contributed by atoms with E-state index in [0.717, 1.165) is 61.3 Å². The van der Waals surface area contributed by atoms with Gasteiger partial charge in [-0.2, -0.15) is 0 Å². The lowest BCUT2D eigenvalue weighted by atomic mass is 9.95. The van der Waals surface area contributed by atoms with Gasteiger partial charge in [-0.15, -0.1) is 0 Å². The number of rotatable bonds is 8. The third-order valence-electron chi connectivity index (χ3n) is 11.7. The van der Waals surface area contributed by atoms with Crippen LogP contribution < -0.4 is 4.90 Å². The molecule has 0 atom stereocenters. The van der Waals surface area contributed by atoms with Gasteiger partial charge in [0.05, 0.1) is 5.69 Å². The van der Waals surface area contributed by atoms with E-state index in [0.29, 0.717) is 0 Å². The van der Waals surface area contributed by atoms with Gasteiger partial charge in [0.2, 0.25) is 0 Å². The second kappa shape index (κ2) is 15.1. The van der Waals surface area contributed by atoms with Gasteiger partial charge in [-0.3, -0.25) is 0 Å². The summed E-state index contributed by atoms with van der Waals surface area (Å²) in [4.78, 5) is 2.38. The van der Waals surface area contributed by atoms with Crippen molar-refractivity contribution >= 4 is 49.8 Å². The van der Waals surface area contributed by atoms with Crippen LogP contribution in [0.5, 0.6) is 0 Å². The first kappa shape index (κ1) is 35.2. The van der Waals surface area contributed by atoms with Crippen molar-refractivity contribution in [2.45, 2.75) is 0 Å². The molecule has 282 valence electrons. The average Bonchev–Trinajstić information content (AvgIpc) is 3.72. The molecule has 0 aliphatic heterocycles. The Morgan fingerprint density at radius 3 is 1.58 bits per heavy atom. The molecule has 60 heavy (non-hydrogen) atoms. The molecule has 0 saturated heterocycles. The third-order valence-corrected chi connectivity index (χ3v) is 11.7. The van der Waals surface area contributed by atoms with Crippen LogP contribution in [0.2, 0.25) is 0 Å². The molecule has 0 bridgehead atoms. The van der Waals surface area contributed by atoms with Crippen LogP contribution in [0.25, 0.3) is 88.3 Å². The van der Waals surface area contributed by atoms with Crippen molar-refractivity contribution in [1.82, 2.24) is 0 Å². The highest BCUT2D eigenvalue weighted by molar-refractivity contribution is 6.09. The Kier molecular flexibility index (Phi) is 8.87. The van der Waals surface area contributed by atoms with Crippen LogP contribution in [-0.4, -0.2) is 0 Å². The van der Waals surface area contributed by atoms with Crippen LogP contribution in [0.15, 0.2) is 241 Å². The first-order valence-electron chi connectivity index (χ1n) is 20.5. The van der Waals surface area contributed by atoms with Crippen LogP contribution >= 0.6 is 0 Å². The minimum atomic E-state index is 0.903. The molecular weight excluding hydrogens is 727 g/mol. The zero-order valence-corrected chi connectivity index (χ0v) is 32.9. The molecular formula is C58H39NO. The first-order chi connectivity index (χ1) is 29.7. The number of hydrogen-bond acceptors (Lipinski definition) is 2. The minimum Gasteiger partial charge on any atom is -0.455 e. The topological polar surface area (TPSA) is 16.4 Å². The summed E-state index contributed by atoms with van der Waals surface area (Å²) in [6.45, 7) is 0. The second-order valence-corrected chi connectivity index (χ2v) is 15.3. The van der Waals surface area contributed by atoms with E-state index in [4.69, 9.17) is 4.42 Å². The van der Waals surface area contributed by atoms with Crippen molar-refractivity contribution in [3.63, 3.8) is 0 Å². The molecule has 0 radical (unpaired) electrons. The number of hydrogen-bond donors (Lipinski definition) is 0. The summed E-state index contributed by atoms with van der Waals surface area (Å²) in [7, 11) is 0. The van der Waals surface area contributed by atoms with Gasteiger partial charge in [-0.1, -0.05) is 194 Å². The summed E-state index contributed by atoms with van der Waals surface area (Å²) in [5.74, 6) is 0. The summed E-state index contributed by atoms with van der Waals surface area (Å²) in [5.41, 5.74) is 16.8. The largest absolute Gasteiger partial charge is 0.455 e. The maximum Gasteiger partial charge on any atom is 0.143 e. The molecule has 0 aliphatic rings. The van der Waals surface area contributed by atoms with E-state index in [2.05, 4.69) is 229 Å². The average molecular weight is 766 g/mol. The van der Waals surface area contributed by atoms with Crippen molar-refractivity contribution in [2.75, 3.05) is 4.90 Å². The molecule has 0 saturated carbocycles. The highest BCUT2D eigenvalue weighted by Crippen LogP contribution is 2.43. The van der Waals surface area contributed by atoms with Crippen molar-refractivity contribution in [1.29, 1.82) is 0 Å². The molecule has 1 aromatic heterocycles. The Bertz CT molecular complexity index is 3280. The minimum absolute atomic E-state index is 0.903. The van der Waals surface area contributed by atoms with Gasteiger partial charge in [0.25, 0.3) is 0 Å². The van der Waals surface area contributed by atoms with Crippen LogP contribution in [0, 0.1) is 0 Å². The van der Waals surface area contributed by atoms with Gasteiger partial charge in [-0.05, 0) is 97.7 Å². The fourth-order valence-electron chi connectivity index (χ4n) is 8.72. The standard InChI is InChI=1S/C58H39NO/c1-2-13-40(14-3-1)41-27-29-44(30-28-41)52-20-6-8-25-56(52)59(49-37-33-45(34-38-49)53-23-12-24-55-54-21-7-9-26-57(54)60-58(53)55)48-35-31-42(32-36-48)46-17-10-18-47(39-46)51-22-11-16-43-15-4-5-19-50(43)51/h1-39H. The highest BCUT2D eigenvalue weighted by Gasteiger charge is 2.19. The normalized spacial score (nSPS) is 11.3. The van der Waals surface area contributed by atoms with Crippen LogP contribution in [0.1, 0.15) is 0 Å². The molecule has 0 unspecified atom stereocenters. The Labute approximate surface area is 349 Å². The van der Waals surface area contributed by atoms with E-state index in [9.17, 15) is 0 Å². The van der Waals surface area contributed by atoms with E-state index in [1.165, 1.54) is 44.2 Å². The monoisotopic (exact) mass is 765 g/mol. The second-order valence-electron chi connectivity index (χ2n) is 15.3. The fourth-order valence-corrected chi connectivity index (χ4v) is 8.72. The van der Waals surface area contributed by atoms with Gasteiger partial charge in [-0.25, -0.2) is 0 Å². The highest BCUT2D eigenvalue weighted by atomic mass is 16.3. The zero-order chi connectivity index (χ0) is 39.8. The van der Waals surface area contributed by atoms with Crippen LogP contribution in [0.4, 0.5) is 17.1 Å². The van der Waals surface area contributed by atoms with Gasteiger partial charge >= 0.3 is 0 Å². The van der Waals surface area contributed by atoms with Crippen molar-refractivity contribution in [2.24, 2.45) is 0 Å². The lowest BCUT2D eigenvalue weighted by Crippen LogP contribution is -2.11. The fraction of sp³-hybridized carbons (Fsp3) is 0. The molecule has 2 heteroatoms. The number of benzene rings is 10. The number of fused-ring (bicyclic) bond motifs is 4. The number of anilines is 3. The van der Waals surface area contributed by atoms with Crippen molar-refractivity contribution in [3.05, 3.63) is 237 Å². The summed E-state index contributed by atoms with van der Waals surface area (Å²) in [6, 6.07) is 84.8. The lowest BCUT2D eigenvalue weighted by Gasteiger charge is -2.28. The van der Waals surface area contributed by atoms with Crippen molar-refractivity contribution in [3.8, 4) is 55.6 Å². The van der Waals surface area contributed by atoms with Crippen molar-refractivity contribution < 1.29 is 4.42 Å². The molecule has 0 fully saturated rings. The summed E-state index contributed by atoms with van der Waals surface area (Å²) >= 11 is 0. The van der Waals surface area contributed by atoms with E-state index in [-0.39, 0.29) is 0 Å². The summed E-state index contributed by atoms with van der Waals surface area (Å²) < 4.78 is 6.44. The van der Waals surface area contributed by atoms with E-state index in [1.807, 2.05) is 12.1 Å². The van der Waals surface area contributed by atoms with Gasteiger partial charge in [0.15, 0.2) is 0 Å². The molecule has 0 spiro atoms. The molecule has 0 N–H and O–H groups in total. The Morgan fingerprint density at radius 1 is 0.283 bits per heavy atom. The van der Waals surface area contributed by atoms with Gasteiger partial charge < -0.3 is 9.32 Å². The number of nitrogens with zero attached hydrogens (tertiary/aromatic N) is 1. The quantitative estimate of drug-likeness (QED) is 0.153. The molecule has 11 aromatic rings. The molecule has 0 aliphatic carbocycles. The summed E-state index contributed by atoms with van der Waals surface area (Å²) in [5, 5.41) is 4.77. The maximum absolute atomic E-state index is 6.44. The molecule has 0 amide bonds. The smallest absolute Gasteiger partial charge is 0.143 e. The maximum atomic E-state index is 6.44. The third kappa shape index (κ3) is 6.41. The Morgan fingerprint density at radius 2 is 0.767 bits per heavy atom. The van der Waals surface area contributed by atoms with Gasteiger partial charge in [0, 0.05) is 33.3 Å². The number of furan rings is 1. The zero-order valence-electron chi connectivity index (χ0n) is 32.9. The van der Waals surface area contributed by atoms with Gasteiger partial charge in [0.1, 0.15) is 11.2 Å². The van der Waals surface area contributed by atoms with Crippen LogP contribution in [-0.2, 0) is 0 Å². The lowest BCUT2D eigenvalue weighted by molar-refractivity contribution is 0.670. The van der Waals surface area contributed by atoms with E-state index in [1.54, 1.807) is 0 Å². The van der Waals surface area contributed by atoms with Crippen LogP contribution in [0.3, 0.4) is 0 Å². The SMILES string of the molecule is c1ccc(-c2ccc(-c3ccccc3N(c3ccc(-c4cccc(-c5cccc6ccccc56)c4)cc3)c3ccc(-c4cccc5c4oc4ccccc45)cc3)cc2)cc1. The molecule has 1 heterocycles. The first-order valence-corrected chi connectivity index (χ1v) is 20.5. The Hall–Kier alpha value is -7.94.